The molecule has 1 saturated heterocycles. The molecule has 40 heavy (non-hydrogen) atoms. The molecular formula is C31H32FNO7. The number of Topliss-reactive ketones (excluding diaryl/α,β-unsaturated/α-hetero) is 1. The van der Waals surface area contributed by atoms with Gasteiger partial charge < -0.3 is 24.8 Å². The molecule has 1 fully saturated rings. The van der Waals surface area contributed by atoms with Gasteiger partial charge in [0, 0.05) is 43.6 Å². The van der Waals surface area contributed by atoms with Crippen molar-refractivity contribution in [2.24, 2.45) is 5.92 Å². The molecule has 2 aliphatic rings. The number of carboxylic acid groups (broad SMARTS) is 1. The number of ether oxygens (including phenoxy) is 2. The van der Waals surface area contributed by atoms with Crippen molar-refractivity contribution in [3.05, 3.63) is 83.4 Å². The molecule has 0 amide bonds. The molecule has 8 nitrogen and oxygen atoms in total. The third-order valence-corrected chi connectivity index (χ3v) is 6.85. The predicted octanol–water partition coefficient (Wildman–Crippen LogP) is 5.10. The number of rotatable bonds is 8. The topological polar surface area (TPSA) is 117 Å². The third-order valence-electron chi connectivity index (χ3n) is 6.85. The number of aliphatic carboxylic acids is 1. The summed E-state index contributed by atoms with van der Waals surface area (Å²) in [5.41, 5.74) is 4.56. The minimum absolute atomic E-state index is 0.176. The quantitative estimate of drug-likeness (QED) is 0.332. The van der Waals surface area contributed by atoms with E-state index in [0.29, 0.717) is 12.4 Å². The molecule has 0 spiro atoms. The van der Waals surface area contributed by atoms with Gasteiger partial charge in [-0.3, -0.25) is 14.1 Å². The molecule has 0 saturated carbocycles. The zero-order valence-corrected chi connectivity index (χ0v) is 22.3. The van der Waals surface area contributed by atoms with E-state index in [4.69, 9.17) is 14.6 Å². The Morgan fingerprint density at radius 2 is 1.70 bits per heavy atom. The number of hydrogen-bond acceptors (Lipinski definition) is 7. The fourth-order valence-electron chi connectivity index (χ4n) is 4.71. The van der Waals surface area contributed by atoms with E-state index >= 15 is 0 Å². The van der Waals surface area contributed by atoms with E-state index in [1.165, 1.54) is 0 Å². The van der Waals surface area contributed by atoms with Crippen LogP contribution in [0.15, 0.2) is 66.7 Å². The highest BCUT2D eigenvalue weighted by molar-refractivity contribution is 6.31. The van der Waals surface area contributed by atoms with Gasteiger partial charge >= 0.3 is 5.97 Å². The van der Waals surface area contributed by atoms with Crippen LogP contribution in [0.25, 0.3) is 11.1 Å². The molecule has 0 radical (unpaired) electrons. The van der Waals surface area contributed by atoms with Gasteiger partial charge in [0.1, 0.15) is 35.7 Å². The molecule has 2 heterocycles. The number of likely N-dealkylation sites (tertiary alicyclic amines) is 1. The minimum Gasteiger partial charge on any atom is -0.508 e. The highest BCUT2D eigenvalue weighted by atomic mass is 19.1. The second-order valence-electron chi connectivity index (χ2n) is 9.83. The summed E-state index contributed by atoms with van der Waals surface area (Å²) in [7, 11) is 0. The lowest BCUT2D eigenvalue weighted by molar-refractivity contribution is -0.148. The largest absolute Gasteiger partial charge is 0.508 e. The first kappa shape index (κ1) is 28.6. The number of halogens is 1. The van der Waals surface area contributed by atoms with Crippen LogP contribution >= 0.6 is 0 Å². The van der Waals surface area contributed by atoms with E-state index in [2.05, 4.69) is 4.90 Å². The number of hydrogen-bond donors (Lipinski definition) is 3. The molecule has 5 rings (SSSR count). The van der Waals surface area contributed by atoms with Crippen molar-refractivity contribution in [2.75, 3.05) is 32.9 Å². The number of carbonyl (C=O) groups is 2. The highest BCUT2D eigenvalue weighted by Crippen LogP contribution is 2.47. The summed E-state index contributed by atoms with van der Waals surface area (Å²) in [5, 5.41) is 27.8. The number of phenols is 2. The summed E-state index contributed by atoms with van der Waals surface area (Å²) in [6, 6.07) is 20.1. The van der Waals surface area contributed by atoms with Gasteiger partial charge in [0.15, 0.2) is 0 Å². The van der Waals surface area contributed by atoms with Gasteiger partial charge in [0.05, 0.1) is 6.67 Å². The second-order valence-corrected chi connectivity index (χ2v) is 9.83. The van der Waals surface area contributed by atoms with Crippen molar-refractivity contribution < 1.29 is 38.8 Å². The Morgan fingerprint density at radius 1 is 1.02 bits per heavy atom. The van der Waals surface area contributed by atoms with Gasteiger partial charge in [-0.2, -0.15) is 0 Å². The monoisotopic (exact) mass is 549 g/mol. The van der Waals surface area contributed by atoms with E-state index in [9.17, 15) is 24.2 Å². The Labute approximate surface area is 231 Å². The minimum atomic E-state index is -1.38. The molecule has 210 valence electrons. The molecule has 0 aromatic heterocycles. The summed E-state index contributed by atoms with van der Waals surface area (Å²) in [6.07, 6.45) is -0.383. The maximum absolute atomic E-state index is 12.6. The average molecular weight is 550 g/mol. The van der Waals surface area contributed by atoms with Gasteiger partial charge in [-0.1, -0.05) is 24.3 Å². The van der Waals surface area contributed by atoms with Crippen molar-refractivity contribution in [1.82, 2.24) is 4.90 Å². The zero-order chi connectivity index (χ0) is 28.8. The lowest BCUT2D eigenvalue weighted by Gasteiger charge is -2.37. The smallest absolute Gasteiger partial charge is 0.371 e. The Morgan fingerprint density at radius 3 is 2.33 bits per heavy atom. The van der Waals surface area contributed by atoms with E-state index in [1.54, 1.807) is 30.3 Å². The van der Waals surface area contributed by atoms with Gasteiger partial charge in [-0.15, -0.1) is 0 Å². The predicted molar refractivity (Wildman–Crippen MR) is 148 cm³/mol. The number of allylic oxidation sites excluding steroid dienone is 1. The Kier molecular flexibility index (Phi) is 9.06. The molecule has 3 N–H and O–H groups in total. The molecule has 3 aromatic rings. The van der Waals surface area contributed by atoms with Crippen molar-refractivity contribution in [3.63, 3.8) is 0 Å². The number of carboxylic acids is 1. The fraction of sp³-hybridized carbons (Fsp3) is 0.290. The zero-order valence-electron chi connectivity index (χ0n) is 22.3. The van der Waals surface area contributed by atoms with Gasteiger partial charge in [-0.25, -0.2) is 4.79 Å². The number of carbonyl (C=O) groups excluding carboxylic acids is 1. The number of ketones is 1. The first-order chi connectivity index (χ1) is 19.2. The maximum atomic E-state index is 12.6. The number of benzene rings is 3. The Balaban J connectivity index is 0.000000557. The Bertz CT molecular complexity index is 1390. The molecule has 2 aliphatic heterocycles. The highest BCUT2D eigenvalue weighted by Gasteiger charge is 2.30. The molecule has 9 heteroatoms. The van der Waals surface area contributed by atoms with E-state index < -0.39 is 11.8 Å². The number of aromatic hydroxyl groups is 2. The van der Waals surface area contributed by atoms with E-state index in [1.807, 2.05) is 43.3 Å². The average Bonchev–Trinajstić information content (AvgIpc) is 2.91. The van der Waals surface area contributed by atoms with Gasteiger partial charge in [0.2, 0.25) is 5.78 Å². The lowest BCUT2D eigenvalue weighted by atomic mass is 9.86. The number of phenolic OH excluding ortho intramolecular Hbond substituents is 2. The first-order valence-corrected chi connectivity index (χ1v) is 12.9. The molecular weight excluding hydrogens is 517 g/mol. The number of fused-ring (bicyclic) bond motifs is 1. The van der Waals surface area contributed by atoms with E-state index in [-0.39, 0.29) is 30.2 Å². The van der Waals surface area contributed by atoms with Crippen LogP contribution in [0.2, 0.25) is 0 Å². The summed E-state index contributed by atoms with van der Waals surface area (Å²) >= 11 is 0. The van der Waals surface area contributed by atoms with Crippen molar-refractivity contribution >= 4 is 22.9 Å². The molecule has 3 aromatic carbocycles. The first-order valence-electron chi connectivity index (χ1n) is 12.9. The van der Waals surface area contributed by atoms with Crippen LogP contribution in [0, 0.1) is 5.92 Å². The summed E-state index contributed by atoms with van der Waals surface area (Å²) in [5.74, 6) is -0.193. The maximum Gasteiger partial charge on any atom is 0.371 e. The van der Waals surface area contributed by atoms with Gasteiger partial charge in [-0.05, 0) is 66.1 Å². The molecule has 0 aliphatic carbocycles. The summed E-state index contributed by atoms with van der Waals surface area (Å²) in [4.78, 5) is 21.1. The number of alkyl halides is 1. The second kappa shape index (κ2) is 12.7. The SMILES string of the molecule is CC(=O)C(=O)O.CC1=C(c2cccc(O)c2)C(c2ccc(OCCN3CC(CF)C3)cc2)Oc2ccc(O)cc21. The van der Waals surface area contributed by atoms with Gasteiger partial charge in [0.25, 0.3) is 0 Å². The van der Waals surface area contributed by atoms with E-state index in [0.717, 1.165) is 60.1 Å². The van der Waals surface area contributed by atoms with Crippen molar-refractivity contribution in [1.29, 1.82) is 0 Å². The van der Waals surface area contributed by atoms with Crippen LogP contribution in [0.1, 0.15) is 36.6 Å². The fourth-order valence-corrected chi connectivity index (χ4v) is 4.71. The van der Waals surface area contributed by atoms with Crippen LogP contribution in [0.4, 0.5) is 4.39 Å². The van der Waals surface area contributed by atoms with Crippen LogP contribution in [-0.2, 0) is 9.59 Å². The number of nitrogens with zero attached hydrogens (tertiary/aromatic N) is 1. The van der Waals surface area contributed by atoms with Crippen LogP contribution < -0.4 is 9.47 Å². The van der Waals surface area contributed by atoms with Crippen LogP contribution in [-0.4, -0.2) is 64.9 Å². The van der Waals surface area contributed by atoms with Crippen molar-refractivity contribution in [2.45, 2.75) is 20.0 Å². The Hall–Kier alpha value is -4.37. The summed E-state index contributed by atoms with van der Waals surface area (Å²) < 4.78 is 24.9. The summed E-state index contributed by atoms with van der Waals surface area (Å²) in [6.45, 7) is 5.73. The molecule has 0 bridgehead atoms. The van der Waals surface area contributed by atoms with Crippen LogP contribution in [0.3, 0.4) is 0 Å². The normalized spacial score (nSPS) is 16.6. The molecule has 1 unspecified atom stereocenters. The van der Waals surface area contributed by atoms with Crippen LogP contribution in [0.5, 0.6) is 23.0 Å². The lowest BCUT2D eigenvalue weighted by Crippen LogP contribution is -2.49. The standard InChI is InChI=1S/C28H28FNO4.C3H4O3/c1-18-25-14-23(32)7-10-26(25)34-28(27(18)21-3-2-4-22(31)13-21)20-5-8-24(9-6-20)33-12-11-30-16-19(15-29)17-30;1-2(4)3(5)6/h2-10,13-14,19,28,31-32H,11-12,15-17H2,1H3;1H3,(H,5,6). The third kappa shape index (κ3) is 6.79. The van der Waals surface area contributed by atoms with Crippen molar-refractivity contribution in [3.8, 4) is 23.0 Å². The molecule has 1 atom stereocenters.